The van der Waals surface area contributed by atoms with E-state index >= 15 is 0 Å². The molecule has 0 bridgehead atoms. The molecule has 0 aromatic carbocycles. The molecule has 4 atom stereocenters. The van der Waals surface area contributed by atoms with Crippen molar-refractivity contribution in [2.45, 2.75) is 44.7 Å². The minimum atomic E-state index is 0.202. The summed E-state index contributed by atoms with van der Waals surface area (Å²) in [6.45, 7) is 6.10. The fourth-order valence-corrected chi connectivity index (χ4v) is 3.71. The SMILES string of the molecule is CCC1CCC(NC)C(CN2CCOCC2CO)C1. The van der Waals surface area contributed by atoms with Gasteiger partial charge in [0.2, 0.25) is 0 Å². The molecule has 0 aromatic rings. The Bertz CT molecular complexity index is 263. The zero-order valence-electron chi connectivity index (χ0n) is 12.5. The van der Waals surface area contributed by atoms with Gasteiger partial charge in [-0.05, 0) is 38.1 Å². The second kappa shape index (κ2) is 7.58. The van der Waals surface area contributed by atoms with E-state index in [2.05, 4.69) is 24.2 Å². The van der Waals surface area contributed by atoms with Gasteiger partial charge in [0.15, 0.2) is 0 Å². The predicted octanol–water partition coefficient (Wildman–Crippen LogP) is 1.09. The van der Waals surface area contributed by atoms with Crippen LogP contribution in [0.3, 0.4) is 0 Å². The maximum atomic E-state index is 9.47. The third-order valence-electron chi connectivity index (χ3n) is 5.07. The Kier molecular flexibility index (Phi) is 6.07. The first-order chi connectivity index (χ1) is 9.28. The molecule has 1 saturated heterocycles. The second-order valence-corrected chi connectivity index (χ2v) is 6.15. The van der Waals surface area contributed by atoms with Crippen molar-refractivity contribution in [2.75, 3.05) is 40.0 Å². The molecular formula is C15H30N2O2. The smallest absolute Gasteiger partial charge is 0.0644 e. The van der Waals surface area contributed by atoms with Gasteiger partial charge in [-0.3, -0.25) is 4.90 Å². The Labute approximate surface area is 117 Å². The van der Waals surface area contributed by atoms with Crippen LogP contribution in [0.1, 0.15) is 32.6 Å². The van der Waals surface area contributed by atoms with E-state index in [9.17, 15) is 5.11 Å². The number of hydrogen-bond acceptors (Lipinski definition) is 4. The lowest BCUT2D eigenvalue weighted by Gasteiger charge is -2.42. The van der Waals surface area contributed by atoms with Crippen molar-refractivity contribution in [3.05, 3.63) is 0 Å². The number of nitrogens with zero attached hydrogens (tertiary/aromatic N) is 1. The molecule has 112 valence electrons. The third-order valence-corrected chi connectivity index (χ3v) is 5.07. The van der Waals surface area contributed by atoms with Gasteiger partial charge in [0.1, 0.15) is 0 Å². The topological polar surface area (TPSA) is 44.7 Å². The van der Waals surface area contributed by atoms with Gasteiger partial charge in [0.25, 0.3) is 0 Å². The molecule has 4 heteroatoms. The van der Waals surface area contributed by atoms with Gasteiger partial charge in [0, 0.05) is 19.1 Å². The van der Waals surface area contributed by atoms with Crippen LogP contribution < -0.4 is 5.32 Å². The van der Waals surface area contributed by atoms with Crippen LogP contribution in [-0.2, 0) is 4.74 Å². The Morgan fingerprint density at radius 1 is 1.37 bits per heavy atom. The van der Waals surface area contributed by atoms with Crippen molar-refractivity contribution < 1.29 is 9.84 Å². The van der Waals surface area contributed by atoms with Crippen LogP contribution in [0.15, 0.2) is 0 Å². The average Bonchev–Trinajstić information content (AvgIpc) is 2.47. The van der Waals surface area contributed by atoms with Gasteiger partial charge in [-0.1, -0.05) is 13.3 Å². The van der Waals surface area contributed by atoms with Gasteiger partial charge < -0.3 is 15.2 Å². The van der Waals surface area contributed by atoms with E-state index in [0.717, 1.165) is 31.5 Å². The standard InChI is InChI=1S/C15H30N2O2/c1-3-12-4-5-15(16-2)13(8-12)9-17-6-7-19-11-14(17)10-18/h12-16,18H,3-11H2,1-2H3. The zero-order chi connectivity index (χ0) is 13.7. The van der Waals surface area contributed by atoms with E-state index < -0.39 is 0 Å². The molecular weight excluding hydrogens is 240 g/mol. The summed E-state index contributed by atoms with van der Waals surface area (Å²) in [5.41, 5.74) is 0. The van der Waals surface area contributed by atoms with Crippen molar-refractivity contribution in [3.63, 3.8) is 0 Å². The van der Waals surface area contributed by atoms with Crippen LogP contribution in [-0.4, -0.2) is 62.0 Å². The number of aliphatic hydroxyl groups excluding tert-OH is 1. The van der Waals surface area contributed by atoms with E-state index in [1.807, 2.05) is 0 Å². The maximum Gasteiger partial charge on any atom is 0.0644 e. The first-order valence-electron chi connectivity index (χ1n) is 7.88. The highest BCUT2D eigenvalue weighted by Gasteiger charge is 2.32. The molecule has 1 aliphatic heterocycles. The molecule has 2 rings (SSSR count). The summed E-state index contributed by atoms with van der Waals surface area (Å²) in [6, 6.07) is 0.846. The monoisotopic (exact) mass is 270 g/mol. The molecule has 1 heterocycles. The molecule has 0 radical (unpaired) electrons. The van der Waals surface area contributed by atoms with E-state index in [1.54, 1.807) is 0 Å². The summed E-state index contributed by atoms with van der Waals surface area (Å²) in [5, 5.41) is 13.0. The molecule has 4 nitrogen and oxygen atoms in total. The Balaban J connectivity index is 1.93. The van der Waals surface area contributed by atoms with E-state index in [1.165, 1.54) is 25.7 Å². The number of morpholine rings is 1. The third kappa shape index (κ3) is 3.91. The second-order valence-electron chi connectivity index (χ2n) is 6.15. The molecule has 19 heavy (non-hydrogen) atoms. The highest BCUT2D eigenvalue weighted by molar-refractivity contribution is 4.87. The molecule has 0 aromatic heterocycles. The fraction of sp³-hybridized carbons (Fsp3) is 1.00. The van der Waals surface area contributed by atoms with Gasteiger partial charge in [-0.2, -0.15) is 0 Å². The van der Waals surface area contributed by atoms with E-state index in [-0.39, 0.29) is 12.6 Å². The van der Waals surface area contributed by atoms with E-state index in [4.69, 9.17) is 4.74 Å². The molecule has 0 spiro atoms. The number of hydrogen-bond donors (Lipinski definition) is 2. The molecule has 1 aliphatic carbocycles. The van der Waals surface area contributed by atoms with E-state index in [0.29, 0.717) is 12.6 Å². The van der Waals surface area contributed by atoms with Crippen LogP contribution >= 0.6 is 0 Å². The van der Waals surface area contributed by atoms with Crippen LogP contribution in [0.2, 0.25) is 0 Å². The number of aliphatic hydroxyl groups is 1. The lowest BCUT2D eigenvalue weighted by molar-refractivity contribution is -0.0390. The van der Waals surface area contributed by atoms with Crippen LogP contribution in [0.4, 0.5) is 0 Å². The van der Waals surface area contributed by atoms with Gasteiger partial charge in [-0.15, -0.1) is 0 Å². The highest BCUT2D eigenvalue weighted by atomic mass is 16.5. The van der Waals surface area contributed by atoms with Gasteiger partial charge >= 0.3 is 0 Å². The summed E-state index contributed by atoms with van der Waals surface area (Å²) in [6.07, 6.45) is 5.30. The lowest BCUT2D eigenvalue weighted by atomic mass is 9.76. The fourth-order valence-electron chi connectivity index (χ4n) is 3.71. The van der Waals surface area contributed by atoms with Crippen LogP contribution in [0.5, 0.6) is 0 Å². The van der Waals surface area contributed by atoms with Crippen molar-refractivity contribution in [1.29, 1.82) is 0 Å². The number of ether oxygens (including phenoxy) is 1. The predicted molar refractivity (Wildman–Crippen MR) is 77.2 cm³/mol. The Morgan fingerprint density at radius 2 is 2.21 bits per heavy atom. The summed E-state index contributed by atoms with van der Waals surface area (Å²) in [5.74, 6) is 1.61. The molecule has 1 saturated carbocycles. The first-order valence-corrected chi connectivity index (χ1v) is 7.88. The molecule has 4 unspecified atom stereocenters. The number of nitrogens with one attached hydrogen (secondary N) is 1. The molecule has 2 aliphatic rings. The lowest BCUT2D eigenvalue weighted by Crippen LogP contribution is -2.52. The van der Waals surface area contributed by atoms with Gasteiger partial charge in [0.05, 0.1) is 25.9 Å². The summed E-state index contributed by atoms with van der Waals surface area (Å²) in [4.78, 5) is 2.44. The highest BCUT2D eigenvalue weighted by Crippen LogP contribution is 2.32. The van der Waals surface area contributed by atoms with Crippen molar-refractivity contribution >= 4 is 0 Å². The molecule has 2 N–H and O–H groups in total. The quantitative estimate of drug-likeness (QED) is 0.785. The summed E-state index contributed by atoms with van der Waals surface area (Å²) < 4.78 is 5.47. The first kappa shape index (κ1) is 15.2. The normalized spacial score (nSPS) is 37.4. The van der Waals surface area contributed by atoms with Crippen LogP contribution in [0, 0.1) is 11.8 Å². The van der Waals surface area contributed by atoms with Crippen molar-refractivity contribution in [1.82, 2.24) is 10.2 Å². The number of rotatable bonds is 5. The summed E-state index contributed by atoms with van der Waals surface area (Å²) in [7, 11) is 2.09. The van der Waals surface area contributed by atoms with Gasteiger partial charge in [-0.25, -0.2) is 0 Å². The summed E-state index contributed by atoms with van der Waals surface area (Å²) >= 11 is 0. The minimum Gasteiger partial charge on any atom is -0.395 e. The Hall–Kier alpha value is -0.160. The van der Waals surface area contributed by atoms with Crippen molar-refractivity contribution in [3.8, 4) is 0 Å². The molecule has 2 fully saturated rings. The largest absolute Gasteiger partial charge is 0.395 e. The zero-order valence-corrected chi connectivity index (χ0v) is 12.5. The maximum absolute atomic E-state index is 9.47. The van der Waals surface area contributed by atoms with Crippen LogP contribution in [0.25, 0.3) is 0 Å². The van der Waals surface area contributed by atoms with Crippen molar-refractivity contribution in [2.24, 2.45) is 11.8 Å². The average molecular weight is 270 g/mol. The Morgan fingerprint density at radius 3 is 2.89 bits per heavy atom. The minimum absolute atomic E-state index is 0.202. The molecule has 0 amide bonds.